The summed E-state index contributed by atoms with van der Waals surface area (Å²) >= 11 is 0. The monoisotopic (exact) mass is 320 g/mol. The first-order valence-electron chi connectivity index (χ1n) is 8.36. The lowest BCUT2D eigenvalue weighted by molar-refractivity contribution is -0.138. The largest absolute Gasteiger partial charge is 0.396 e. The van der Waals surface area contributed by atoms with Crippen molar-refractivity contribution in [3.05, 3.63) is 35.4 Å². The van der Waals surface area contributed by atoms with Gasteiger partial charge in [-0.1, -0.05) is 37.1 Å². The second-order valence-electron chi connectivity index (χ2n) is 5.60. The molecule has 0 saturated carbocycles. The average Bonchev–Trinajstić information content (AvgIpc) is 2.58. The van der Waals surface area contributed by atoms with E-state index in [1.54, 1.807) is 0 Å². The second-order valence-corrected chi connectivity index (χ2v) is 5.60. The van der Waals surface area contributed by atoms with Crippen molar-refractivity contribution < 1.29 is 14.7 Å². The predicted molar refractivity (Wildman–Crippen MR) is 91.1 cm³/mol. The van der Waals surface area contributed by atoms with Gasteiger partial charge in [0.25, 0.3) is 0 Å². The Morgan fingerprint density at radius 1 is 0.913 bits per heavy atom. The number of benzene rings is 1. The van der Waals surface area contributed by atoms with E-state index in [2.05, 4.69) is 28.8 Å². The number of carbonyl (C=O) groups is 2. The Balaban J connectivity index is 2.33. The summed E-state index contributed by atoms with van der Waals surface area (Å²) in [6.07, 6.45) is 6.97. The van der Waals surface area contributed by atoms with Crippen molar-refractivity contribution in [3.8, 4) is 0 Å². The van der Waals surface area contributed by atoms with Crippen molar-refractivity contribution in [3.63, 3.8) is 0 Å². The molecule has 5 heteroatoms. The average molecular weight is 320 g/mol. The standard InChI is InChI=1S/C18H28N2O3/c1-19-17(22)18(23)20-13-8-12-16-11-6-5-10-15(16)9-4-2-3-7-14-21/h5-6,10-11,21H,2-4,7-9,12-14H2,1H3,(H,19,22)(H,20,23). The molecule has 1 aromatic carbocycles. The van der Waals surface area contributed by atoms with E-state index in [-0.39, 0.29) is 6.61 Å². The van der Waals surface area contributed by atoms with E-state index in [1.807, 2.05) is 6.07 Å². The smallest absolute Gasteiger partial charge is 0.309 e. The molecule has 128 valence electrons. The first kappa shape index (κ1) is 19.2. The Hall–Kier alpha value is -1.88. The second kappa shape index (κ2) is 11.7. The van der Waals surface area contributed by atoms with Gasteiger partial charge in [-0.3, -0.25) is 9.59 Å². The van der Waals surface area contributed by atoms with Crippen LogP contribution in [0.15, 0.2) is 24.3 Å². The number of nitrogens with one attached hydrogen (secondary N) is 2. The summed E-state index contributed by atoms with van der Waals surface area (Å²) in [7, 11) is 1.44. The third-order valence-corrected chi connectivity index (χ3v) is 3.81. The summed E-state index contributed by atoms with van der Waals surface area (Å²) in [5.41, 5.74) is 2.66. The van der Waals surface area contributed by atoms with Gasteiger partial charge < -0.3 is 15.7 Å². The fraction of sp³-hybridized carbons (Fsp3) is 0.556. The minimum Gasteiger partial charge on any atom is -0.396 e. The molecule has 0 aliphatic heterocycles. The maximum absolute atomic E-state index is 11.3. The van der Waals surface area contributed by atoms with Gasteiger partial charge in [0.15, 0.2) is 0 Å². The SMILES string of the molecule is CNC(=O)C(=O)NCCCc1ccccc1CCCCCCO. The molecule has 0 bridgehead atoms. The molecule has 0 aliphatic carbocycles. The number of unbranched alkanes of at least 4 members (excludes halogenated alkanes) is 3. The maximum atomic E-state index is 11.3. The molecule has 0 spiro atoms. The van der Waals surface area contributed by atoms with Gasteiger partial charge in [-0.2, -0.15) is 0 Å². The summed E-state index contributed by atoms with van der Waals surface area (Å²) in [6.45, 7) is 0.773. The van der Waals surface area contributed by atoms with E-state index in [0.29, 0.717) is 6.54 Å². The molecule has 5 nitrogen and oxygen atoms in total. The maximum Gasteiger partial charge on any atom is 0.309 e. The lowest BCUT2D eigenvalue weighted by Gasteiger charge is -2.10. The number of aliphatic hydroxyl groups is 1. The van der Waals surface area contributed by atoms with Gasteiger partial charge in [-0.25, -0.2) is 0 Å². The summed E-state index contributed by atoms with van der Waals surface area (Å²) in [4.78, 5) is 22.4. The molecular weight excluding hydrogens is 292 g/mol. The molecule has 0 unspecified atom stereocenters. The van der Waals surface area contributed by atoms with Gasteiger partial charge in [0, 0.05) is 20.2 Å². The van der Waals surface area contributed by atoms with Crippen molar-refractivity contribution in [2.45, 2.75) is 44.9 Å². The number of aryl methyl sites for hydroxylation is 2. The molecule has 0 radical (unpaired) electrons. The zero-order valence-electron chi connectivity index (χ0n) is 13.9. The number of amides is 2. The first-order chi connectivity index (χ1) is 11.2. The quantitative estimate of drug-likeness (QED) is 0.452. The summed E-state index contributed by atoms with van der Waals surface area (Å²) in [5.74, 6) is -1.18. The highest BCUT2D eigenvalue weighted by molar-refractivity contribution is 6.34. The van der Waals surface area contributed by atoms with E-state index < -0.39 is 11.8 Å². The minimum atomic E-state index is -0.603. The first-order valence-corrected chi connectivity index (χ1v) is 8.36. The fourth-order valence-corrected chi connectivity index (χ4v) is 2.50. The molecule has 0 saturated heterocycles. The van der Waals surface area contributed by atoms with Crippen LogP contribution in [0.2, 0.25) is 0 Å². The molecule has 2 amide bonds. The van der Waals surface area contributed by atoms with Crippen LogP contribution in [0.5, 0.6) is 0 Å². The Morgan fingerprint density at radius 3 is 2.13 bits per heavy atom. The number of rotatable bonds is 10. The van der Waals surface area contributed by atoms with Crippen molar-refractivity contribution in [2.75, 3.05) is 20.2 Å². The molecule has 1 aromatic rings. The van der Waals surface area contributed by atoms with E-state index in [1.165, 1.54) is 18.2 Å². The zero-order valence-corrected chi connectivity index (χ0v) is 13.9. The predicted octanol–water partition coefficient (Wildman–Crippen LogP) is 1.58. The highest BCUT2D eigenvalue weighted by Crippen LogP contribution is 2.15. The topological polar surface area (TPSA) is 78.4 Å². The van der Waals surface area contributed by atoms with Crippen LogP contribution < -0.4 is 10.6 Å². The van der Waals surface area contributed by atoms with E-state index >= 15 is 0 Å². The van der Waals surface area contributed by atoms with Crippen LogP contribution in [0.1, 0.15) is 43.2 Å². The number of likely N-dealkylation sites (N-methyl/N-ethyl adjacent to an activating group) is 1. The van der Waals surface area contributed by atoms with E-state index in [0.717, 1.165) is 44.9 Å². The van der Waals surface area contributed by atoms with Crippen molar-refractivity contribution in [1.82, 2.24) is 10.6 Å². The van der Waals surface area contributed by atoms with Gasteiger partial charge >= 0.3 is 11.8 Å². The Morgan fingerprint density at radius 2 is 1.52 bits per heavy atom. The van der Waals surface area contributed by atoms with Crippen LogP contribution in [0.25, 0.3) is 0 Å². The number of hydrogen-bond donors (Lipinski definition) is 3. The van der Waals surface area contributed by atoms with Gasteiger partial charge in [0.2, 0.25) is 0 Å². The van der Waals surface area contributed by atoms with Crippen LogP contribution in [0.4, 0.5) is 0 Å². The van der Waals surface area contributed by atoms with Crippen LogP contribution >= 0.6 is 0 Å². The molecular formula is C18H28N2O3. The molecule has 23 heavy (non-hydrogen) atoms. The Bertz CT molecular complexity index is 489. The lowest BCUT2D eigenvalue weighted by atomic mass is 9.98. The van der Waals surface area contributed by atoms with Crippen LogP contribution in [0, 0.1) is 0 Å². The number of aliphatic hydroxyl groups excluding tert-OH is 1. The fourth-order valence-electron chi connectivity index (χ4n) is 2.50. The van der Waals surface area contributed by atoms with Crippen LogP contribution in [-0.2, 0) is 22.4 Å². The number of hydrogen-bond acceptors (Lipinski definition) is 3. The summed E-state index contributed by atoms with van der Waals surface area (Å²) in [5, 5.41) is 13.7. The molecule has 0 fully saturated rings. The van der Waals surface area contributed by atoms with Crippen molar-refractivity contribution in [1.29, 1.82) is 0 Å². The Labute approximate surface area is 138 Å². The third kappa shape index (κ3) is 7.79. The molecule has 1 rings (SSSR count). The molecule has 3 N–H and O–H groups in total. The molecule has 0 aliphatic rings. The minimum absolute atomic E-state index is 0.276. The number of carbonyl (C=O) groups excluding carboxylic acids is 2. The normalized spacial score (nSPS) is 10.3. The summed E-state index contributed by atoms with van der Waals surface area (Å²) < 4.78 is 0. The third-order valence-electron chi connectivity index (χ3n) is 3.81. The van der Waals surface area contributed by atoms with E-state index in [4.69, 9.17) is 5.11 Å². The van der Waals surface area contributed by atoms with Gasteiger partial charge in [-0.05, 0) is 43.2 Å². The van der Waals surface area contributed by atoms with Gasteiger partial charge in [0.1, 0.15) is 0 Å². The van der Waals surface area contributed by atoms with Crippen LogP contribution in [-0.4, -0.2) is 37.1 Å². The van der Waals surface area contributed by atoms with Gasteiger partial charge in [-0.15, -0.1) is 0 Å². The van der Waals surface area contributed by atoms with Crippen molar-refractivity contribution in [2.24, 2.45) is 0 Å². The highest BCUT2D eigenvalue weighted by atomic mass is 16.3. The zero-order chi connectivity index (χ0) is 16.9. The van der Waals surface area contributed by atoms with Crippen LogP contribution in [0.3, 0.4) is 0 Å². The van der Waals surface area contributed by atoms with Crippen molar-refractivity contribution >= 4 is 11.8 Å². The molecule has 0 atom stereocenters. The highest BCUT2D eigenvalue weighted by Gasteiger charge is 2.09. The Kier molecular flexibility index (Phi) is 9.71. The van der Waals surface area contributed by atoms with E-state index in [9.17, 15) is 9.59 Å². The lowest BCUT2D eigenvalue weighted by Crippen LogP contribution is -2.38. The van der Waals surface area contributed by atoms with Gasteiger partial charge in [0.05, 0.1) is 0 Å². The summed E-state index contributed by atoms with van der Waals surface area (Å²) in [6, 6.07) is 8.38. The molecule has 0 heterocycles. The molecule has 0 aromatic heterocycles.